The summed E-state index contributed by atoms with van der Waals surface area (Å²) in [6.07, 6.45) is 8.92. The lowest BCUT2D eigenvalue weighted by Gasteiger charge is -2.19. The minimum absolute atomic E-state index is 0.218. The van der Waals surface area contributed by atoms with Crippen LogP contribution in [0.25, 0.3) is 0 Å². The van der Waals surface area contributed by atoms with E-state index in [1.165, 1.54) is 10.8 Å². The average molecular weight is 513 g/mol. The Morgan fingerprint density at radius 1 is 0.974 bits per heavy atom. The monoisotopic (exact) mass is 512 g/mol. The van der Waals surface area contributed by atoms with Crippen molar-refractivity contribution in [2.45, 2.75) is 63.8 Å². The van der Waals surface area contributed by atoms with Gasteiger partial charge in [0.1, 0.15) is 17.9 Å². The van der Waals surface area contributed by atoms with Crippen LogP contribution < -0.4 is 11.2 Å². The third-order valence-electron chi connectivity index (χ3n) is 6.26. The number of benzene rings is 2. The molecule has 1 fully saturated rings. The van der Waals surface area contributed by atoms with E-state index in [9.17, 15) is 9.59 Å². The molecular weight excluding hydrogens is 480 g/mol. The fourth-order valence-electron chi connectivity index (χ4n) is 4.23. The van der Waals surface area contributed by atoms with Crippen molar-refractivity contribution in [2.24, 2.45) is 0 Å². The van der Waals surface area contributed by atoms with Crippen LogP contribution >= 0.6 is 0 Å². The molecule has 0 amide bonds. The normalized spacial score (nSPS) is 18.4. The number of aromatic nitrogens is 2. The summed E-state index contributed by atoms with van der Waals surface area (Å²) in [7, 11) is 0. The van der Waals surface area contributed by atoms with Crippen LogP contribution in [0.3, 0.4) is 0 Å². The van der Waals surface area contributed by atoms with Crippen LogP contribution in [0.4, 0.5) is 0 Å². The Hall–Kier alpha value is -3.88. The molecule has 0 aliphatic carbocycles. The molecule has 7 nitrogen and oxygen atoms in total. The molecular formula is C31H32N2O5. The number of terminal acetylenes is 1. The van der Waals surface area contributed by atoms with Crippen molar-refractivity contribution in [3.8, 4) is 24.2 Å². The summed E-state index contributed by atoms with van der Waals surface area (Å²) < 4.78 is 19.8. The van der Waals surface area contributed by atoms with Crippen molar-refractivity contribution >= 4 is 0 Å². The summed E-state index contributed by atoms with van der Waals surface area (Å²) in [5.41, 5.74) is 1.26. The Morgan fingerprint density at radius 3 is 2.37 bits per heavy atom. The predicted octanol–water partition coefficient (Wildman–Crippen LogP) is 4.17. The Morgan fingerprint density at radius 2 is 1.66 bits per heavy atom. The molecule has 4 rings (SSSR count). The molecule has 3 atom stereocenters. The number of unbranched alkanes of at least 4 members (excludes halogenated alkanes) is 3. The van der Waals surface area contributed by atoms with Gasteiger partial charge in [-0.25, -0.2) is 4.79 Å². The third-order valence-corrected chi connectivity index (χ3v) is 6.26. The molecule has 1 aliphatic rings. The summed E-state index contributed by atoms with van der Waals surface area (Å²) in [6, 6.07) is 19.8. The molecule has 1 aliphatic heterocycles. The van der Waals surface area contributed by atoms with Gasteiger partial charge in [0.2, 0.25) is 0 Å². The lowest BCUT2D eigenvalue weighted by atomic mass is 10.1. The molecule has 1 aromatic heterocycles. The number of nitrogens with one attached hydrogen (secondary N) is 1. The number of H-pyrrole nitrogens is 1. The summed E-state index contributed by atoms with van der Waals surface area (Å²) >= 11 is 0. The zero-order valence-corrected chi connectivity index (χ0v) is 21.3. The molecule has 0 saturated carbocycles. The van der Waals surface area contributed by atoms with Crippen LogP contribution in [-0.2, 0) is 27.4 Å². The van der Waals surface area contributed by atoms with E-state index in [1.54, 1.807) is 0 Å². The predicted molar refractivity (Wildman–Crippen MR) is 145 cm³/mol. The Balaban J connectivity index is 1.46. The van der Waals surface area contributed by atoms with Gasteiger partial charge >= 0.3 is 5.69 Å². The first-order chi connectivity index (χ1) is 18.6. The first-order valence-electron chi connectivity index (χ1n) is 12.8. The maximum absolute atomic E-state index is 12.7. The van der Waals surface area contributed by atoms with E-state index in [-0.39, 0.29) is 11.7 Å². The largest absolute Gasteiger partial charge is 0.374 e. The molecule has 38 heavy (non-hydrogen) atoms. The van der Waals surface area contributed by atoms with Crippen LogP contribution in [0.15, 0.2) is 76.4 Å². The second-order valence-electron chi connectivity index (χ2n) is 9.12. The van der Waals surface area contributed by atoms with Crippen LogP contribution in [0, 0.1) is 24.2 Å². The summed E-state index contributed by atoms with van der Waals surface area (Å²) in [4.78, 5) is 27.4. The number of hydrogen-bond donors (Lipinski definition) is 1. The van der Waals surface area contributed by atoms with Crippen molar-refractivity contribution in [1.29, 1.82) is 0 Å². The lowest BCUT2D eigenvalue weighted by Crippen LogP contribution is -2.33. The lowest BCUT2D eigenvalue weighted by molar-refractivity contribution is -0.0831. The highest BCUT2D eigenvalue weighted by Gasteiger charge is 2.38. The summed E-state index contributed by atoms with van der Waals surface area (Å²) in [5.74, 6) is 8.49. The molecule has 7 heteroatoms. The number of rotatable bonds is 11. The fraction of sp³-hybridized carbons (Fsp3) is 0.355. The van der Waals surface area contributed by atoms with Crippen LogP contribution in [-0.4, -0.2) is 28.4 Å². The molecule has 1 saturated heterocycles. The van der Waals surface area contributed by atoms with E-state index in [1.807, 2.05) is 60.7 Å². The highest BCUT2D eigenvalue weighted by molar-refractivity contribution is 5.29. The highest BCUT2D eigenvalue weighted by atomic mass is 16.6. The number of hydrogen-bond acceptors (Lipinski definition) is 5. The molecule has 0 radical (unpaired) electrons. The van der Waals surface area contributed by atoms with Gasteiger partial charge in [-0.3, -0.25) is 14.3 Å². The smallest absolute Gasteiger partial charge is 0.330 e. The van der Waals surface area contributed by atoms with Crippen LogP contribution in [0.5, 0.6) is 0 Å². The van der Waals surface area contributed by atoms with Gasteiger partial charge in [-0.1, -0.05) is 72.5 Å². The highest BCUT2D eigenvalue weighted by Crippen LogP contribution is 2.31. The van der Waals surface area contributed by atoms with Gasteiger partial charge in [0.15, 0.2) is 0 Å². The third kappa shape index (κ3) is 7.81. The average Bonchev–Trinajstić information content (AvgIpc) is 3.34. The van der Waals surface area contributed by atoms with Gasteiger partial charge in [-0.05, 0) is 24.0 Å². The van der Waals surface area contributed by atoms with Crippen molar-refractivity contribution in [3.05, 3.63) is 104 Å². The molecule has 3 unspecified atom stereocenters. The van der Waals surface area contributed by atoms with E-state index >= 15 is 0 Å². The van der Waals surface area contributed by atoms with Crippen molar-refractivity contribution < 1.29 is 14.2 Å². The second kappa shape index (κ2) is 14.2. The fourth-order valence-corrected chi connectivity index (χ4v) is 4.23. The standard InChI is InChI=1S/C31H32N2O5/c1-2-3-4-5-6-13-18-26-20-33(31(35)32-30(26)34)29-19-27(37-22-25-16-11-8-12-17-25)28(38-29)23-36-21-24-14-9-7-10-15-24/h1,7-12,14-17,20,27-29H,3-6,19,21-23H2,(H,32,34,35). The summed E-state index contributed by atoms with van der Waals surface area (Å²) in [5, 5.41) is 0. The number of aromatic amines is 1. The molecule has 1 N–H and O–H groups in total. The van der Waals surface area contributed by atoms with Gasteiger partial charge in [0.05, 0.1) is 25.9 Å². The topological polar surface area (TPSA) is 82.6 Å². The minimum atomic E-state index is -0.623. The molecule has 2 aromatic carbocycles. The number of nitrogens with zero attached hydrogens (tertiary/aromatic N) is 1. The molecule has 196 valence electrons. The molecule has 0 bridgehead atoms. The molecule has 0 spiro atoms. The first kappa shape index (κ1) is 27.2. The zero-order chi connectivity index (χ0) is 26.6. The molecule has 3 aromatic rings. The zero-order valence-electron chi connectivity index (χ0n) is 21.3. The van der Waals surface area contributed by atoms with Gasteiger partial charge in [-0.15, -0.1) is 12.3 Å². The van der Waals surface area contributed by atoms with Crippen molar-refractivity contribution in [1.82, 2.24) is 9.55 Å². The van der Waals surface area contributed by atoms with E-state index in [2.05, 4.69) is 22.7 Å². The minimum Gasteiger partial charge on any atom is -0.374 e. The van der Waals surface area contributed by atoms with E-state index in [0.717, 1.165) is 24.0 Å². The van der Waals surface area contributed by atoms with E-state index in [4.69, 9.17) is 20.6 Å². The Kier molecular flexibility index (Phi) is 10.1. The van der Waals surface area contributed by atoms with Gasteiger partial charge in [-0.2, -0.15) is 0 Å². The van der Waals surface area contributed by atoms with Crippen LogP contribution in [0.1, 0.15) is 55.0 Å². The number of ether oxygens (including phenoxy) is 3. The van der Waals surface area contributed by atoms with Crippen LogP contribution in [0.2, 0.25) is 0 Å². The van der Waals surface area contributed by atoms with Gasteiger partial charge in [0, 0.05) is 25.5 Å². The van der Waals surface area contributed by atoms with Crippen molar-refractivity contribution in [2.75, 3.05) is 6.61 Å². The Bertz CT molecular complexity index is 1380. The Labute approximate surface area is 222 Å². The van der Waals surface area contributed by atoms with Crippen molar-refractivity contribution in [3.63, 3.8) is 0 Å². The van der Waals surface area contributed by atoms with Gasteiger partial charge < -0.3 is 14.2 Å². The second-order valence-corrected chi connectivity index (χ2v) is 9.12. The van der Waals surface area contributed by atoms with E-state index in [0.29, 0.717) is 39.1 Å². The SMILES string of the molecule is C#CCCCCC#Cc1cn(C2CC(OCc3ccccc3)C(COCc3ccccc3)O2)c(=O)[nH]c1=O. The van der Waals surface area contributed by atoms with Gasteiger partial charge in [0.25, 0.3) is 5.56 Å². The maximum Gasteiger partial charge on any atom is 0.330 e. The quantitative estimate of drug-likeness (QED) is 0.308. The van der Waals surface area contributed by atoms with E-state index < -0.39 is 23.6 Å². The maximum atomic E-state index is 12.7. The summed E-state index contributed by atoms with van der Waals surface area (Å²) in [6.45, 7) is 1.15. The first-order valence-corrected chi connectivity index (χ1v) is 12.8. The molecule has 2 heterocycles.